The van der Waals surface area contributed by atoms with Gasteiger partial charge < -0.3 is 4.90 Å². The van der Waals surface area contributed by atoms with Crippen LogP contribution in [0.1, 0.15) is 60.5 Å². The number of carbonyl (C=O) groups is 1. The van der Waals surface area contributed by atoms with Gasteiger partial charge in [-0.3, -0.25) is 14.2 Å². The van der Waals surface area contributed by atoms with E-state index in [1.165, 1.54) is 12.1 Å². The van der Waals surface area contributed by atoms with Gasteiger partial charge in [-0.25, -0.2) is 9.37 Å². The molecule has 1 aliphatic rings. The van der Waals surface area contributed by atoms with Crippen LogP contribution in [0.25, 0.3) is 10.2 Å². The highest BCUT2D eigenvalue weighted by atomic mass is 32.1. The van der Waals surface area contributed by atoms with Crippen LogP contribution in [0.15, 0.2) is 29.1 Å². The molecule has 0 saturated carbocycles. The van der Waals surface area contributed by atoms with Crippen molar-refractivity contribution in [2.75, 3.05) is 13.1 Å². The van der Waals surface area contributed by atoms with Gasteiger partial charge in [-0.15, -0.1) is 11.3 Å². The van der Waals surface area contributed by atoms with Gasteiger partial charge in [0.05, 0.1) is 17.8 Å². The first kappa shape index (κ1) is 21.7. The molecule has 1 aromatic carbocycles. The van der Waals surface area contributed by atoms with Crippen molar-refractivity contribution in [2.24, 2.45) is 0 Å². The van der Waals surface area contributed by atoms with Crippen LogP contribution in [0.5, 0.6) is 0 Å². The second-order valence-corrected chi connectivity index (χ2v) is 9.91. The number of rotatable bonds is 4. The molecule has 3 heterocycles. The van der Waals surface area contributed by atoms with Gasteiger partial charge in [-0.1, -0.05) is 26.0 Å². The minimum absolute atomic E-state index is 0.0000190. The second kappa shape index (κ2) is 8.54. The molecule has 0 radical (unpaired) electrons. The zero-order chi connectivity index (χ0) is 22.3. The van der Waals surface area contributed by atoms with E-state index in [0.717, 1.165) is 33.9 Å². The van der Waals surface area contributed by atoms with E-state index in [2.05, 4.69) is 0 Å². The van der Waals surface area contributed by atoms with Crippen molar-refractivity contribution in [3.8, 4) is 0 Å². The third kappa shape index (κ3) is 4.15. The second-order valence-electron chi connectivity index (χ2n) is 8.71. The van der Waals surface area contributed by atoms with Crippen molar-refractivity contribution < 1.29 is 9.18 Å². The van der Waals surface area contributed by atoms with E-state index >= 15 is 0 Å². The van der Waals surface area contributed by atoms with Crippen LogP contribution in [-0.4, -0.2) is 33.4 Å². The molecule has 0 N–H and O–H groups in total. The molecule has 1 saturated heterocycles. The summed E-state index contributed by atoms with van der Waals surface area (Å²) in [5, 5.41) is 0.704. The third-order valence-electron chi connectivity index (χ3n) is 6.14. The first-order valence-corrected chi connectivity index (χ1v) is 11.6. The van der Waals surface area contributed by atoms with E-state index in [1.54, 1.807) is 23.5 Å². The number of aromatic nitrogens is 2. The Morgan fingerprint density at radius 1 is 1.32 bits per heavy atom. The van der Waals surface area contributed by atoms with Gasteiger partial charge in [-0.05, 0) is 49.9 Å². The molecule has 2 aromatic heterocycles. The lowest BCUT2D eigenvalue weighted by molar-refractivity contribution is -0.132. The Hall–Kier alpha value is -2.54. The molecule has 1 aliphatic heterocycles. The molecule has 3 aromatic rings. The summed E-state index contributed by atoms with van der Waals surface area (Å²) in [6, 6.07) is 6.06. The van der Waals surface area contributed by atoms with Crippen LogP contribution in [0.2, 0.25) is 0 Å². The van der Waals surface area contributed by atoms with Gasteiger partial charge in [0.1, 0.15) is 16.5 Å². The molecule has 1 fully saturated rings. The predicted molar refractivity (Wildman–Crippen MR) is 122 cm³/mol. The summed E-state index contributed by atoms with van der Waals surface area (Å²) in [4.78, 5) is 35.1. The van der Waals surface area contributed by atoms with E-state index in [0.29, 0.717) is 24.0 Å². The average molecular weight is 442 g/mol. The van der Waals surface area contributed by atoms with Crippen molar-refractivity contribution >= 4 is 27.5 Å². The van der Waals surface area contributed by atoms with Crippen molar-refractivity contribution in [3.63, 3.8) is 0 Å². The number of carbonyl (C=O) groups excluding carboxylic acids is 1. The number of likely N-dealkylation sites (tertiary alicyclic amines) is 1. The van der Waals surface area contributed by atoms with Crippen LogP contribution in [-0.2, 0) is 11.2 Å². The van der Waals surface area contributed by atoms with Crippen molar-refractivity contribution in [2.45, 2.75) is 58.9 Å². The zero-order valence-corrected chi connectivity index (χ0v) is 19.3. The number of hydrogen-bond donors (Lipinski definition) is 0. The molecule has 0 unspecified atom stereocenters. The monoisotopic (exact) mass is 441 g/mol. The summed E-state index contributed by atoms with van der Waals surface area (Å²) in [5.41, 5.74) is 1.66. The van der Waals surface area contributed by atoms with Crippen molar-refractivity contribution in [3.05, 3.63) is 62.3 Å². The highest BCUT2D eigenvalue weighted by Crippen LogP contribution is 2.30. The quantitative estimate of drug-likeness (QED) is 0.587. The van der Waals surface area contributed by atoms with Crippen LogP contribution < -0.4 is 5.56 Å². The molecule has 31 heavy (non-hydrogen) atoms. The van der Waals surface area contributed by atoms with Crippen molar-refractivity contribution in [1.29, 1.82) is 0 Å². The number of aryl methyl sites for hydroxylation is 2. The Kier molecular flexibility index (Phi) is 5.97. The Bertz CT molecular complexity index is 1200. The maximum absolute atomic E-state index is 13.6. The summed E-state index contributed by atoms with van der Waals surface area (Å²) in [6.45, 7) is 9.23. The maximum Gasteiger partial charge on any atom is 0.262 e. The fourth-order valence-corrected chi connectivity index (χ4v) is 5.43. The fourth-order valence-electron chi connectivity index (χ4n) is 4.41. The number of piperidine rings is 1. The number of fused-ring (bicyclic) bond motifs is 1. The summed E-state index contributed by atoms with van der Waals surface area (Å²) < 4.78 is 15.3. The standard InChI is InChI=1S/C24H28FN3O2S/c1-14(2)22-26-23-21(15(3)16(4)31-23)24(30)28(22)19-9-6-10-27(13-19)20(29)12-17-7-5-8-18(25)11-17/h5,7-8,11,14,19H,6,9-10,12-13H2,1-4H3/t19-/m0/s1. The Morgan fingerprint density at radius 2 is 2.10 bits per heavy atom. The predicted octanol–water partition coefficient (Wildman–Crippen LogP) is 4.74. The SMILES string of the molecule is Cc1sc2nc(C(C)C)n([C@H]3CCCN(C(=O)Cc4cccc(F)c4)C3)c(=O)c2c1C. The first-order chi connectivity index (χ1) is 14.8. The van der Waals surface area contributed by atoms with Crippen LogP contribution >= 0.6 is 11.3 Å². The third-order valence-corrected chi connectivity index (χ3v) is 7.24. The molecule has 0 bridgehead atoms. The topological polar surface area (TPSA) is 55.2 Å². The minimum Gasteiger partial charge on any atom is -0.340 e. The molecule has 1 amide bonds. The van der Waals surface area contributed by atoms with Crippen LogP contribution in [0.3, 0.4) is 0 Å². The van der Waals surface area contributed by atoms with Gasteiger partial charge in [0.2, 0.25) is 5.91 Å². The lowest BCUT2D eigenvalue weighted by Gasteiger charge is -2.35. The van der Waals surface area contributed by atoms with E-state index in [1.807, 2.05) is 37.2 Å². The largest absolute Gasteiger partial charge is 0.340 e. The van der Waals surface area contributed by atoms with Gasteiger partial charge in [0, 0.05) is 23.9 Å². The Morgan fingerprint density at radius 3 is 2.81 bits per heavy atom. The molecular formula is C24H28FN3O2S. The number of halogens is 1. The highest BCUT2D eigenvalue weighted by molar-refractivity contribution is 7.18. The number of amides is 1. The molecule has 0 aliphatic carbocycles. The fraction of sp³-hybridized carbons (Fsp3) is 0.458. The molecular weight excluding hydrogens is 413 g/mol. The summed E-state index contributed by atoms with van der Waals surface area (Å²) in [7, 11) is 0. The number of thiophene rings is 1. The summed E-state index contributed by atoms with van der Waals surface area (Å²) in [5.74, 6) is 0.503. The molecule has 1 atom stereocenters. The molecule has 164 valence electrons. The van der Waals surface area contributed by atoms with E-state index < -0.39 is 0 Å². The number of nitrogens with zero attached hydrogens (tertiary/aromatic N) is 3. The Labute approximate surface area is 185 Å². The molecule has 4 rings (SSSR count). The molecule has 7 heteroatoms. The van der Waals surface area contributed by atoms with Crippen LogP contribution in [0, 0.1) is 19.7 Å². The van der Waals surface area contributed by atoms with Gasteiger partial charge >= 0.3 is 0 Å². The zero-order valence-electron chi connectivity index (χ0n) is 18.4. The smallest absolute Gasteiger partial charge is 0.262 e. The lowest BCUT2D eigenvalue weighted by atomic mass is 10.0. The number of benzene rings is 1. The summed E-state index contributed by atoms with van der Waals surface area (Å²) in [6.07, 6.45) is 1.82. The minimum atomic E-state index is -0.337. The van der Waals surface area contributed by atoms with E-state index in [4.69, 9.17) is 4.98 Å². The summed E-state index contributed by atoms with van der Waals surface area (Å²) >= 11 is 1.57. The normalized spacial score (nSPS) is 17.0. The van der Waals surface area contributed by atoms with Crippen LogP contribution in [0.4, 0.5) is 4.39 Å². The van der Waals surface area contributed by atoms with Gasteiger partial charge in [0.15, 0.2) is 0 Å². The molecule has 5 nitrogen and oxygen atoms in total. The lowest BCUT2D eigenvalue weighted by Crippen LogP contribution is -2.44. The first-order valence-electron chi connectivity index (χ1n) is 10.8. The van der Waals surface area contributed by atoms with Gasteiger partial charge in [-0.2, -0.15) is 0 Å². The molecule has 0 spiro atoms. The maximum atomic E-state index is 13.6. The van der Waals surface area contributed by atoms with Gasteiger partial charge in [0.25, 0.3) is 5.56 Å². The average Bonchev–Trinajstić information content (AvgIpc) is 3.01. The van der Waals surface area contributed by atoms with Crippen molar-refractivity contribution in [1.82, 2.24) is 14.5 Å². The highest BCUT2D eigenvalue weighted by Gasteiger charge is 2.29. The Balaban J connectivity index is 1.67. The number of hydrogen-bond acceptors (Lipinski definition) is 4. The van der Waals surface area contributed by atoms with E-state index in [9.17, 15) is 14.0 Å². The van der Waals surface area contributed by atoms with E-state index in [-0.39, 0.29) is 35.7 Å².